The van der Waals surface area contributed by atoms with Gasteiger partial charge in [-0.1, -0.05) is 24.3 Å². The Kier molecular flexibility index (Phi) is 2.29. The zero-order valence-electron chi connectivity index (χ0n) is 10.8. The molecular weight excluding hydrogens is 248 g/mol. The number of benzene rings is 2. The van der Waals surface area contributed by atoms with Gasteiger partial charge in [0.1, 0.15) is 0 Å². The van der Waals surface area contributed by atoms with Gasteiger partial charge in [0.05, 0.1) is 29.9 Å². The molecule has 2 heterocycles. The Morgan fingerprint density at radius 1 is 1.10 bits per heavy atom. The van der Waals surface area contributed by atoms with Crippen molar-refractivity contribution in [2.75, 3.05) is 11.1 Å². The molecule has 0 aliphatic carbocycles. The molecule has 0 saturated heterocycles. The molecule has 0 amide bonds. The maximum absolute atomic E-state index is 5.84. The molecule has 98 valence electrons. The minimum Gasteiger partial charge on any atom is -0.399 e. The van der Waals surface area contributed by atoms with Crippen LogP contribution in [0.25, 0.3) is 5.69 Å². The van der Waals surface area contributed by atoms with Gasteiger partial charge >= 0.3 is 0 Å². The number of fused-ring (bicyclic) bond motifs is 3. The molecule has 20 heavy (non-hydrogen) atoms. The van der Waals surface area contributed by atoms with E-state index in [4.69, 9.17) is 5.73 Å². The molecule has 3 N–H and O–H groups in total. The summed E-state index contributed by atoms with van der Waals surface area (Å²) >= 11 is 0. The van der Waals surface area contributed by atoms with Crippen molar-refractivity contribution in [3.63, 3.8) is 0 Å². The third kappa shape index (κ3) is 1.58. The van der Waals surface area contributed by atoms with Crippen LogP contribution in [-0.2, 0) is 0 Å². The first-order chi connectivity index (χ1) is 9.83. The van der Waals surface area contributed by atoms with E-state index in [0.717, 1.165) is 17.1 Å². The Morgan fingerprint density at radius 3 is 2.90 bits per heavy atom. The largest absolute Gasteiger partial charge is 0.399 e. The van der Waals surface area contributed by atoms with Gasteiger partial charge in [0.25, 0.3) is 0 Å². The van der Waals surface area contributed by atoms with Crippen LogP contribution in [-0.4, -0.2) is 9.55 Å². The maximum atomic E-state index is 5.84. The second-order valence-corrected chi connectivity index (χ2v) is 4.95. The van der Waals surface area contributed by atoms with Gasteiger partial charge in [-0.2, -0.15) is 0 Å². The van der Waals surface area contributed by atoms with Gasteiger partial charge < -0.3 is 15.6 Å². The van der Waals surface area contributed by atoms with Crippen LogP contribution >= 0.6 is 0 Å². The summed E-state index contributed by atoms with van der Waals surface area (Å²) in [5.74, 6) is 0. The summed E-state index contributed by atoms with van der Waals surface area (Å²) in [6, 6.07) is 16.3. The average molecular weight is 262 g/mol. The van der Waals surface area contributed by atoms with E-state index < -0.39 is 0 Å². The van der Waals surface area contributed by atoms with E-state index in [2.05, 4.69) is 33.1 Å². The number of nitrogens with two attached hydrogens (primary N) is 1. The van der Waals surface area contributed by atoms with Crippen molar-refractivity contribution in [3.8, 4) is 5.69 Å². The molecule has 1 aliphatic heterocycles. The van der Waals surface area contributed by atoms with Crippen molar-refractivity contribution in [2.24, 2.45) is 0 Å². The van der Waals surface area contributed by atoms with Crippen LogP contribution in [0.4, 0.5) is 11.4 Å². The summed E-state index contributed by atoms with van der Waals surface area (Å²) in [5, 5.41) is 3.54. The number of nitrogen functional groups attached to an aromatic ring is 1. The molecule has 0 spiro atoms. The molecular formula is C16H14N4. The van der Waals surface area contributed by atoms with Gasteiger partial charge in [-0.3, -0.25) is 0 Å². The number of para-hydroxylation sites is 1. The Balaban J connectivity index is 1.79. The highest BCUT2D eigenvalue weighted by molar-refractivity contribution is 5.61. The number of rotatable bonds is 2. The van der Waals surface area contributed by atoms with Crippen LogP contribution in [0.1, 0.15) is 17.3 Å². The first-order valence-corrected chi connectivity index (χ1v) is 6.56. The minimum absolute atomic E-state index is 0.107. The SMILES string of the molecule is Nc1cccc(NC2c3ccccc3-n3cncc32)c1. The Hall–Kier alpha value is -2.75. The molecule has 0 fully saturated rings. The summed E-state index contributed by atoms with van der Waals surface area (Å²) in [5.41, 5.74) is 11.2. The summed E-state index contributed by atoms with van der Waals surface area (Å²) in [6.45, 7) is 0. The predicted molar refractivity (Wildman–Crippen MR) is 79.9 cm³/mol. The summed E-state index contributed by atoms with van der Waals surface area (Å²) < 4.78 is 2.12. The van der Waals surface area contributed by atoms with E-state index in [1.165, 1.54) is 11.3 Å². The van der Waals surface area contributed by atoms with Gasteiger partial charge in [0.15, 0.2) is 0 Å². The molecule has 4 heteroatoms. The van der Waals surface area contributed by atoms with Crippen molar-refractivity contribution in [1.82, 2.24) is 9.55 Å². The average Bonchev–Trinajstić information content (AvgIpc) is 3.03. The fraction of sp³-hybridized carbons (Fsp3) is 0.0625. The Bertz CT molecular complexity index is 775. The molecule has 0 radical (unpaired) electrons. The van der Waals surface area contributed by atoms with E-state index in [-0.39, 0.29) is 6.04 Å². The summed E-state index contributed by atoms with van der Waals surface area (Å²) in [4.78, 5) is 4.25. The second-order valence-electron chi connectivity index (χ2n) is 4.95. The number of imidazole rings is 1. The van der Waals surface area contributed by atoms with Crippen LogP contribution in [0, 0.1) is 0 Å². The number of hydrogen-bond donors (Lipinski definition) is 2. The number of nitrogens with one attached hydrogen (secondary N) is 1. The quantitative estimate of drug-likeness (QED) is 0.698. The highest BCUT2D eigenvalue weighted by atomic mass is 15.1. The number of hydrogen-bond acceptors (Lipinski definition) is 3. The monoisotopic (exact) mass is 262 g/mol. The van der Waals surface area contributed by atoms with Crippen LogP contribution in [0.2, 0.25) is 0 Å². The number of anilines is 2. The van der Waals surface area contributed by atoms with Gasteiger partial charge in [-0.25, -0.2) is 4.98 Å². The molecule has 1 atom stereocenters. The predicted octanol–water partition coefficient (Wildman–Crippen LogP) is 2.97. The van der Waals surface area contributed by atoms with Gasteiger partial charge in [0, 0.05) is 16.9 Å². The Labute approximate surface area is 116 Å². The second kappa shape index (κ2) is 4.13. The third-order valence-electron chi connectivity index (χ3n) is 3.67. The molecule has 3 aromatic rings. The topological polar surface area (TPSA) is 55.9 Å². The Morgan fingerprint density at radius 2 is 2.00 bits per heavy atom. The van der Waals surface area contributed by atoms with Crippen molar-refractivity contribution in [2.45, 2.75) is 6.04 Å². The standard InChI is InChI=1S/C16H14N4/c17-11-4-3-5-12(8-11)19-16-13-6-1-2-7-14(13)20-10-18-9-15(16)20/h1-10,16,19H,17H2. The molecule has 4 nitrogen and oxygen atoms in total. The lowest BCUT2D eigenvalue weighted by Gasteiger charge is -2.15. The van der Waals surface area contributed by atoms with Crippen molar-refractivity contribution < 1.29 is 0 Å². The number of nitrogens with zero attached hydrogens (tertiary/aromatic N) is 2. The van der Waals surface area contributed by atoms with Crippen molar-refractivity contribution >= 4 is 11.4 Å². The summed E-state index contributed by atoms with van der Waals surface area (Å²) in [6.07, 6.45) is 3.76. The van der Waals surface area contributed by atoms with Gasteiger partial charge in [0.2, 0.25) is 0 Å². The van der Waals surface area contributed by atoms with Gasteiger partial charge in [-0.05, 0) is 24.3 Å². The molecule has 1 unspecified atom stereocenters. The van der Waals surface area contributed by atoms with Crippen LogP contribution in [0.5, 0.6) is 0 Å². The van der Waals surface area contributed by atoms with Crippen molar-refractivity contribution in [1.29, 1.82) is 0 Å². The van der Waals surface area contributed by atoms with Gasteiger partial charge in [-0.15, -0.1) is 0 Å². The zero-order valence-corrected chi connectivity index (χ0v) is 10.8. The van der Waals surface area contributed by atoms with Crippen LogP contribution < -0.4 is 11.1 Å². The molecule has 4 rings (SSSR count). The lowest BCUT2D eigenvalue weighted by atomic mass is 10.1. The lowest BCUT2D eigenvalue weighted by molar-refractivity contribution is 0.924. The molecule has 0 saturated carbocycles. The van der Waals surface area contributed by atoms with E-state index in [1.807, 2.05) is 42.9 Å². The molecule has 1 aromatic heterocycles. The molecule has 1 aliphatic rings. The van der Waals surface area contributed by atoms with E-state index in [9.17, 15) is 0 Å². The van der Waals surface area contributed by atoms with E-state index >= 15 is 0 Å². The van der Waals surface area contributed by atoms with Crippen molar-refractivity contribution in [3.05, 3.63) is 72.3 Å². The normalized spacial score (nSPS) is 15.7. The zero-order chi connectivity index (χ0) is 13.5. The smallest absolute Gasteiger partial charge is 0.0995 e. The first-order valence-electron chi connectivity index (χ1n) is 6.56. The van der Waals surface area contributed by atoms with E-state index in [0.29, 0.717) is 0 Å². The third-order valence-corrected chi connectivity index (χ3v) is 3.67. The maximum Gasteiger partial charge on any atom is 0.0995 e. The first kappa shape index (κ1) is 11.1. The highest BCUT2D eigenvalue weighted by Gasteiger charge is 2.28. The minimum atomic E-state index is 0.107. The number of aromatic nitrogens is 2. The van der Waals surface area contributed by atoms with E-state index in [1.54, 1.807) is 0 Å². The molecule has 2 aromatic carbocycles. The molecule has 0 bridgehead atoms. The fourth-order valence-electron chi connectivity index (χ4n) is 2.78. The fourth-order valence-corrected chi connectivity index (χ4v) is 2.78. The van der Waals surface area contributed by atoms with Crippen LogP contribution in [0.15, 0.2) is 61.1 Å². The highest BCUT2D eigenvalue weighted by Crippen LogP contribution is 2.37. The lowest BCUT2D eigenvalue weighted by Crippen LogP contribution is -2.09. The summed E-state index contributed by atoms with van der Waals surface area (Å²) in [7, 11) is 0. The van der Waals surface area contributed by atoms with Crippen LogP contribution in [0.3, 0.4) is 0 Å².